The number of hydrogen-bond donors (Lipinski definition) is 2. The maximum Gasteiger partial charge on any atom is 0.191 e. The lowest BCUT2D eigenvalue weighted by Gasteiger charge is -2.31. The number of piperidine rings is 1. The first-order chi connectivity index (χ1) is 15.7. The van der Waals surface area contributed by atoms with Crippen molar-refractivity contribution in [1.82, 2.24) is 25.4 Å². The minimum Gasteiger partial charge on any atom is -0.357 e. The molecule has 0 unspecified atom stereocenters. The van der Waals surface area contributed by atoms with Crippen molar-refractivity contribution in [3.8, 4) is 5.69 Å². The largest absolute Gasteiger partial charge is 0.357 e. The van der Waals surface area contributed by atoms with Crippen LogP contribution >= 0.6 is 0 Å². The van der Waals surface area contributed by atoms with E-state index in [0.717, 1.165) is 55.0 Å². The number of hydrogen-bond acceptors (Lipinski definition) is 4. The molecule has 168 valence electrons. The topological polar surface area (TPSA) is 70.4 Å². The molecule has 3 aromatic rings. The summed E-state index contributed by atoms with van der Waals surface area (Å²) in [6.45, 7) is 6.05. The molecule has 7 heteroatoms. The van der Waals surface area contributed by atoms with Crippen LogP contribution in [0.3, 0.4) is 0 Å². The van der Waals surface area contributed by atoms with Gasteiger partial charge in [0.1, 0.15) is 5.82 Å². The van der Waals surface area contributed by atoms with Gasteiger partial charge in [0.25, 0.3) is 0 Å². The molecule has 2 N–H and O–H groups in total. The highest BCUT2D eigenvalue weighted by Crippen LogP contribution is 2.21. The zero-order valence-corrected chi connectivity index (χ0v) is 19.0. The van der Waals surface area contributed by atoms with Crippen molar-refractivity contribution < 1.29 is 0 Å². The van der Waals surface area contributed by atoms with Gasteiger partial charge in [0, 0.05) is 51.8 Å². The van der Waals surface area contributed by atoms with Gasteiger partial charge in [-0.2, -0.15) is 5.10 Å². The van der Waals surface area contributed by atoms with Crippen molar-refractivity contribution >= 4 is 11.8 Å². The number of nitrogens with zero attached hydrogens (tertiary/aromatic N) is 5. The molecule has 1 saturated heterocycles. The number of aromatic nitrogens is 3. The highest BCUT2D eigenvalue weighted by Gasteiger charge is 2.16. The fourth-order valence-electron chi connectivity index (χ4n) is 3.91. The highest BCUT2D eigenvalue weighted by molar-refractivity contribution is 5.79. The van der Waals surface area contributed by atoms with E-state index in [1.54, 1.807) is 13.2 Å². The molecule has 0 radical (unpaired) electrons. The minimum atomic E-state index is 0.697. The van der Waals surface area contributed by atoms with Gasteiger partial charge in [-0.05, 0) is 60.6 Å². The molecule has 4 rings (SSSR count). The molecule has 2 aromatic heterocycles. The Kier molecular flexibility index (Phi) is 7.38. The maximum atomic E-state index is 4.68. The first kappa shape index (κ1) is 21.9. The summed E-state index contributed by atoms with van der Waals surface area (Å²) >= 11 is 0. The lowest BCUT2D eigenvalue weighted by Crippen LogP contribution is -2.38. The quantitative estimate of drug-likeness (QED) is 0.443. The van der Waals surface area contributed by atoms with E-state index in [0.29, 0.717) is 6.54 Å². The Bertz CT molecular complexity index is 970. The number of aliphatic imine (C=N–C) groups is 1. The first-order valence-electron chi connectivity index (χ1n) is 11.4. The predicted octanol–water partition coefficient (Wildman–Crippen LogP) is 3.41. The van der Waals surface area contributed by atoms with Crippen LogP contribution in [0.25, 0.3) is 5.69 Å². The molecule has 1 aliphatic heterocycles. The van der Waals surface area contributed by atoms with Crippen LogP contribution in [0.4, 0.5) is 5.82 Å². The van der Waals surface area contributed by atoms with Crippen LogP contribution < -0.4 is 15.5 Å². The Morgan fingerprint density at radius 1 is 1.06 bits per heavy atom. The van der Waals surface area contributed by atoms with Crippen molar-refractivity contribution in [3.05, 3.63) is 72.2 Å². The molecule has 0 atom stereocenters. The summed E-state index contributed by atoms with van der Waals surface area (Å²) in [5.74, 6) is 2.71. The average Bonchev–Trinajstić information content (AvgIpc) is 3.38. The second kappa shape index (κ2) is 10.8. The third kappa shape index (κ3) is 5.87. The van der Waals surface area contributed by atoms with E-state index in [1.165, 1.54) is 18.4 Å². The van der Waals surface area contributed by atoms with E-state index < -0.39 is 0 Å². The van der Waals surface area contributed by atoms with Gasteiger partial charge in [0.15, 0.2) is 5.96 Å². The molecule has 0 aliphatic carbocycles. The third-order valence-corrected chi connectivity index (χ3v) is 6.01. The zero-order valence-electron chi connectivity index (χ0n) is 19.0. The molecule has 0 amide bonds. The summed E-state index contributed by atoms with van der Waals surface area (Å²) in [5, 5.41) is 11.0. The van der Waals surface area contributed by atoms with Gasteiger partial charge >= 0.3 is 0 Å². The van der Waals surface area contributed by atoms with E-state index in [2.05, 4.69) is 73.9 Å². The normalized spacial score (nSPS) is 15.1. The van der Waals surface area contributed by atoms with Crippen molar-refractivity contribution in [2.45, 2.75) is 32.7 Å². The van der Waals surface area contributed by atoms with Gasteiger partial charge in [0.2, 0.25) is 0 Å². The Balaban J connectivity index is 1.20. The van der Waals surface area contributed by atoms with Crippen LogP contribution in [0, 0.1) is 5.92 Å². The third-order valence-electron chi connectivity index (χ3n) is 6.01. The second-order valence-electron chi connectivity index (χ2n) is 8.41. The summed E-state index contributed by atoms with van der Waals surface area (Å²) in [7, 11) is 1.80. The van der Waals surface area contributed by atoms with Crippen LogP contribution in [0.2, 0.25) is 0 Å². The smallest absolute Gasteiger partial charge is 0.191 e. The molecule has 1 fully saturated rings. The molecule has 0 bridgehead atoms. The average molecular weight is 432 g/mol. The van der Waals surface area contributed by atoms with Gasteiger partial charge in [0.05, 0.1) is 5.69 Å². The second-order valence-corrected chi connectivity index (χ2v) is 8.41. The van der Waals surface area contributed by atoms with Crippen molar-refractivity contribution in [3.63, 3.8) is 0 Å². The maximum absolute atomic E-state index is 4.68. The molecular weight excluding hydrogens is 398 g/mol. The summed E-state index contributed by atoms with van der Waals surface area (Å²) in [4.78, 5) is 11.4. The Hall–Kier alpha value is -3.35. The number of pyridine rings is 1. The number of nitrogens with one attached hydrogen (secondary N) is 2. The van der Waals surface area contributed by atoms with Crippen LogP contribution in [0.5, 0.6) is 0 Å². The van der Waals surface area contributed by atoms with Crippen molar-refractivity contribution in [2.24, 2.45) is 10.9 Å². The Morgan fingerprint density at radius 2 is 1.84 bits per heavy atom. The van der Waals surface area contributed by atoms with Gasteiger partial charge in [-0.3, -0.25) is 4.99 Å². The molecule has 0 saturated carbocycles. The van der Waals surface area contributed by atoms with Gasteiger partial charge in [-0.1, -0.05) is 25.1 Å². The monoisotopic (exact) mass is 431 g/mol. The van der Waals surface area contributed by atoms with Gasteiger partial charge in [-0.25, -0.2) is 9.67 Å². The predicted molar refractivity (Wildman–Crippen MR) is 130 cm³/mol. The molecule has 1 aliphatic rings. The SMILES string of the molecule is CN=C(NCCc1ccc(-n2cccn2)cc1)NCc1ccc(N2CCC(C)CC2)nc1. The molecule has 0 spiro atoms. The molecule has 7 nitrogen and oxygen atoms in total. The number of rotatable bonds is 7. The fourth-order valence-corrected chi connectivity index (χ4v) is 3.91. The molecule has 1 aromatic carbocycles. The minimum absolute atomic E-state index is 0.697. The highest BCUT2D eigenvalue weighted by atomic mass is 15.3. The molecular formula is C25H33N7. The zero-order chi connectivity index (χ0) is 22.2. The number of benzene rings is 1. The van der Waals surface area contributed by atoms with E-state index in [1.807, 2.05) is 23.1 Å². The van der Waals surface area contributed by atoms with Crippen LogP contribution in [-0.2, 0) is 13.0 Å². The summed E-state index contributed by atoms with van der Waals surface area (Å²) in [6, 6.07) is 14.7. The van der Waals surface area contributed by atoms with E-state index in [4.69, 9.17) is 0 Å². The fraction of sp³-hybridized carbons (Fsp3) is 0.400. The standard InChI is InChI=1S/C25H33N7/c1-20-11-16-31(17-12-20)24-9-6-22(18-28-24)19-29-25(26-2)27-14-10-21-4-7-23(8-5-21)32-15-3-13-30-32/h3-9,13,15,18,20H,10-12,14,16-17,19H2,1-2H3,(H2,26,27,29). The van der Waals surface area contributed by atoms with Crippen molar-refractivity contribution in [2.75, 3.05) is 31.6 Å². The number of guanidine groups is 1. The van der Waals surface area contributed by atoms with Crippen LogP contribution in [0.15, 0.2) is 66.0 Å². The first-order valence-corrected chi connectivity index (χ1v) is 11.4. The van der Waals surface area contributed by atoms with Crippen molar-refractivity contribution in [1.29, 1.82) is 0 Å². The van der Waals surface area contributed by atoms with Crippen LogP contribution in [0.1, 0.15) is 30.9 Å². The number of anilines is 1. The van der Waals surface area contributed by atoms with E-state index in [-0.39, 0.29) is 0 Å². The lowest BCUT2D eigenvalue weighted by atomic mass is 9.99. The molecule has 3 heterocycles. The summed E-state index contributed by atoms with van der Waals surface area (Å²) in [6.07, 6.45) is 9.13. The Labute approximate surface area is 190 Å². The van der Waals surface area contributed by atoms with E-state index in [9.17, 15) is 0 Å². The van der Waals surface area contributed by atoms with Gasteiger partial charge in [-0.15, -0.1) is 0 Å². The lowest BCUT2D eigenvalue weighted by molar-refractivity contribution is 0.436. The summed E-state index contributed by atoms with van der Waals surface area (Å²) < 4.78 is 1.86. The van der Waals surface area contributed by atoms with Gasteiger partial charge < -0.3 is 15.5 Å². The van der Waals surface area contributed by atoms with Crippen LogP contribution in [-0.4, -0.2) is 47.4 Å². The van der Waals surface area contributed by atoms with E-state index >= 15 is 0 Å². The summed E-state index contributed by atoms with van der Waals surface area (Å²) in [5.41, 5.74) is 3.49. The molecule has 32 heavy (non-hydrogen) atoms. The Morgan fingerprint density at radius 3 is 2.50 bits per heavy atom.